The highest BCUT2D eigenvalue weighted by Crippen LogP contribution is 2.34. The van der Waals surface area contributed by atoms with E-state index >= 15 is 0 Å². The zero-order valence-corrected chi connectivity index (χ0v) is 13.3. The molecule has 0 saturated carbocycles. The van der Waals surface area contributed by atoms with Crippen LogP contribution >= 0.6 is 0 Å². The monoisotopic (exact) mass is 305 g/mol. The molecule has 3 rings (SSSR count). The molecule has 3 nitrogen and oxygen atoms in total. The Hall–Kier alpha value is -2.81. The Morgan fingerprint density at radius 2 is 1.48 bits per heavy atom. The van der Waals surface area contributed by atoms with Gasteiger partial charge in [0.2, 0.25) is 0 Å². The van der Waals surface area contributed by atoms with Gasteiger partial charge in [0.25, 0.3) is 0 Å². The largest absolute Gasteiger partial charge is 0.420 e. The molecule has 0 aliphatic carbocycles. The van der Waals surface area contributed by atoms with E-state index in [4.69, 9.17) is 4.42 Å². The van der Waals surface area contributed by atoms with Gasteiger partial charge < -0.3 is 4.42 Å². The third-order valence-corrected chi connectivity index (χ3v) is 3.97. The molecule has 0 bridgehead atoms. The molecule has 116 valence electrons. The van der Waals surface area contributed by atoms with Crippen molar-refractivity contribution in [3.63, 3.8) is 0 Å². The van der Waals surface area contributed by atoms with Gasteiger partial charge in [-0.15, -0.1) is 6.58 Å². The molecule has 0 spiro atoms. The second-order valence-corrected chi connectivity index (χ2v) is 5.97. The lowest BCUT2D eigenvalue weighted by atomic mass is 10.0. The summed E-state index contributed by atoms with van der Waals surface area (Å²) in [7, 11) is 0. The van der Waals surface area contributed by atoms with E-state index in [0.29, 0.717) is 5.76 Å². The van der Waals surface area contributed by atoms with Crippen molar-refractivity contribution in [1.29, 1.82) is 0 Å². The summed E-state index contributed by atoms with van der Waals surface area (Å²) in [5.74, 6) is 0.198. The SMILES string of the molecule is C=CC(C)(C)n1c(-c2ccccc2)c(-c2ccccc2)oc1=O. The second kappa shape index (κ2) is 5.76. The molecule has 3 heteroatoms. The van der Waals surface area contributed by atoms with Crippen LogP contribution in [-0.4, -0.2) is 4.57 Å². The van der Waals surface area contributed by atoms with Crippen molar-refractivity contribution in [3.8, 4) is 22.6 Å². The molecular weight excluding hydrogens is 286 g/mol. The van der Waals surface area contributed by atoms with Gasteiger partial charge >= 0.3 is 5.76 Å². The molecule has 1 aromatic heterocycles. The maximum Gasteiger partial charge on any atom is 0.420 e. The van der Waals surface area contributed by atoms with Gasteiger partial charge in [0.05, 0.1) is 11.2 Å². The van der Waals surface area contributed by atoms with Crippen LogP contribution in [0.2, 0.25) is 0 Å². The summed E-state index contributed by atoms with van der Waals surface area (Å²) >= 11 is 0. The predicted molar refractivity (Wildman–Crippen MR) is 93.4 cm³/mol. The number of rotatable bonds is 4. The van der Waals surface area contributed by atoms with E-state index in [2.05, 4.69) is 6.58 Å². The summed E-state index contributed by atoms with van der Waals surface area (Å²) < 4.78 is 7.30. The molecule has 0 radical (unpaired) electrons. The lowest BCUT2D eigenvalue weighted by molar-refractivity contribution is 0.396. The van der Waals surface area contributed by atoms with Crippen molar-refractivity contribution >= 4 is 0 Å². The molecule has 0 unspecified atom stereocenters. The van der Waals surface area contributed by atoms with Crippen molar-refractivity contribution in [2.24, 2.45) is 0 Å². The standard InChI is InChI=1S/C20H19NO2/c1-4-20(2,3)21-17(15-11-7-5-8-12-15)18(23-19(21)22)16-13-9-6-10-14-16/h4-14H,1H2,2-3H3. The Balaban J connectivity index is 2.37. The van der Waals surface area contributed by atoms with E-state index in [1.165, 1.54) is 0 Å². The maximum atomic E-state index is 12.6. The zero-order chi connectivity index (χ0) is 16.4. The highest BCUT2D eigenvalue weighted by molar-refractivity contribution is 5.77. The lowest BCUT2D eigenvalue weighted by Gasteiger charge is -2.23. The van der Waals surface area contributed by atoms with E-state index in [9.17, 15) is 4.79 Å². The number of benzene rings is 2. The summed E-state index contributed by atoms with van der Waals surface area (Å²) in [6.07, 6.45) is 1.76. The normalized spacial score (nSPS) is 11.4. The Morgan fingerprint density at radius 1 is 0.957 bits per heavy atom. The zero-order valence-electron chi connectivity index (χ0n) is 13.3. The fraction of sp³-hybridized carbons (Fsp3) is 0.150. The minimum absolute atomic E-state index is 0.382. The van der Waals surface area contributed by atoms with Crippen LogP contribution in [0.3, 0.4) is 0 Å². The molecule has 0 aliphatic rings. The highest BCUT2D eigenvalue weighted by Gasteiger charge is 2.28. The molecule has 0 saturated heterocycles. The molecule has 0 amide bonds. The molecule has 2 aromatic carbocycles. The first-order valence-corrected chi connectivity index (χ1v) is 7.55. The smallest absolute Gasteiger partial charge is 0.407 e. The van der Waals surface area contributed by atoms with Crippen LogP contribution in [0.5, 0.6) is 0 Å². The fourth-order valence-corrected chi connectivity index (χ4v) is 2.63. The molecule has 0 aliphatic heterocycles. The Morgan fingerprint density at radius 3 is 2.00 bits per heavy atom. The van der Waals surface area contributed by atoms with Crippen molar-refractivity contribution in [2.75, 3.05) is 0 Å². The first-order chi connectivity index (χ1) is 11.0. The van der Waals surface area contributed by atoms with Gasteiger partial charge in [-0.1, -0.05) is 66.7 Å². The summed E-state index contributed by atoms with van der Waals surface area (Å²) in [5, 5.41) is 0. The Kier molecular flexibility index (Phi) is 3.78. The molecule has 0 N–H and O–H groups in total. The summed E-state index contributed by atoms with van der Waals surface area (Å²) in [6.45, 7) is 7.75. The predicted octanol–water partition coefficient (Wildman–Crippen LogP) is 4.70. The van der Waals surface area contributed by atoms with Gasteiger partial charge in [-0.3, -0.25) is 4.57 Å². The van der Waals surface area contributed by atoms with Crippen LogP contribution in [-0.2, 0) is 5.54 Å². The number of hydrogen-bond acceptors (Lipinski definition) is 2. The summed E-state index contributed by atoms with van der Waals surface area (Å²) in [5.41, 5.74) is 2.03. The minimum Gasteiger partial charge on any atom is -0.407 e. The number of allylic oxidation sites excluding steroid dienone is 1. The molecule has 0 atom stereocenters. The molecule has 23 heavy (non-hydrogen) atoms. The van der Waals surface area contributed by atoms with E-state index in [-0.39, 0.29) is 5.76 Å². The van der Waals surface area contributed by atoms with Crippen LogP contribution in [0.25, 0.3) is 22.6 Å². The van der Waals surface area contributed by atoms with Crippen LogP contribution in [0.15, 0.2) is 82.5 Å². The van der Waals surface area contributed by atoms with Gasteiger partial charge in [-0.25, -0.2) is 4.79 Å². The second-order valence-electron chi connectivity index (χ2n) is 5.97. The minimum atomic E-state index is -0.557. The Labute approximate surface area is 135 Å². The summed E-state index contributed by atoms with van der Waals surface area (Å²) in [4.78, 5) is 12.6. The van der Waals surface area contributed by atoms with E-state index < -0.39 is 5.54 Å². The fourth-order valence-electron chi connectivity index (χ4n) is 2.63. The Bertz CT molecular complexity index is 871. The first-order valence-electron chi connectivity index (χ1n) is 7.55. The number of hydrogen-bond donors (Lipinski definition) is 0. The van der Waals surface area contributed by atoms with Crippen LogP contribution in [0, 0.1) is 0 Å². The van der Waals surface area contributed by atoms with Crippen molar-refractivity contribution in [1.82, 2.24) is 4.57 Å². The number of oxazole rings is 1. The highest BCUT2D eigenvalue weighted by atomic mass is 16.4. The topological polar surface area (TPSA) is 35.1 Å². The van der Waals surface area contributed by atoms with Crippen LogP contribution in [0.1, 0.15) is 13.8 Å². The van der Waals surface area contributed by atoms with Crippen molar-refractivity contribution in [2.45, 2.75) is 19.4 Å². The first kappa shape index (κ1) is 15.1. The van der Waals surface area contributed by atoms with Crippen molar-refractivity contribution in [3.05, 3.63) is 83.9 Å². The average Bonchev–Trinajstić information content (AvgIpc) is 2.94. The molecule has 3 aromatic rings. The van der Waals surface area contributed by atoms with Gasteiger partial charge in [-0.2, -0.15) is 0 Å². The van der Waals surface area contributed by atoms with E-state index in [1.807, 2.05) is 74.5 Å². The third-order valence-electron chi connectivity index (χ3n) is 3.97. The number of aromatic nitrogens is 1. The van der Waals surface area contributed by atoms with E-state index in [0.717, 1.165) is 16.8 Å². The van der Waals surface area contributed by atoms with Crippen LogP contribution < -0.4 is 5.76 Å². The third kappa shape index (κ3) is 2.66. The lowest BCUT2D eigenvalue weighted by Crippen LogP contribution is -2.32. The van der Waals surface area contributed by atoms with Crippen LogP contribution in [0.4, 0.5) is 0 Å². The van der Waals surface area contributed by atoms with Gasteiger partial charge in [0.15, 0.2) is 5.76 Å². The number of nitrogens with zero attached hydrogens (tertiary/aromatic N) is 1. The van der Waals surface area contributed by atoms with Crippen molar-refractivity contribution < 1.29 is 4.42 Å². The molecule has 1 heterocycles. The van der Waals surface area contributed by atoms with E-state index in [1.54, 1.807) is 10.6 Å². The quantitative estimate of drug-likeness (QED) is 0.655. The van der Waals surface area contributed by atoms with Gasteiger partial charge in [0, 0.05) is 11.1 Å². The molecule has 0 fully saturated rings. The van der Waals surface area contributed by atoms with Gasteiger partial charge in [0.1, 0.15) is 0 Å². The molecular formula is C20H19NO2. The van der Waals surface area contributed by atoms with Gasteiger partial charge in [-0.05, 0) is 13.8 Å². The average molecular weight is 305 g/mol. The maximum absolute atomic E-state index is 12.6. The summed E-state index contributed by atoms with van der Waals surface area (Å²) in [6, 6.07) is 19.5.